The summed E-state index contributed by atoms with van der Waals surface area (Å²) in [5.41, 5.74) is -1.44. The number of piperidine rings is 1. The van der Waals surface area contributed by atoms with E-state index < -0.39 is 29.4 Å². The predicted octanol–water partition coefficient (Wildman–Crippen LogP) is 2.83. The average molecular weight is 347 g/mol. The zero-order valence-corrected chi connectivity index (χ0v) is 12.9. The van der Waals surface area contributed by atoms with Crippen LogP contribution in [0.1, 0.15) is 18.4 Å². The highest BCUT2D eigenvalue weighted by Gasteiger charge is 2.34. The monoisotopic (exact) mass is 347 g/mol. The summed E-state index contributed by atoms with van der Waals surface area (Å²) >= 11 is 0. The lowest BCUT2D eigenvalue weighted by atomic mass is 9.97. The number of likely N-dealkylation sites (tertiary alicyclic amines) is 1. The van der Waals surface area contributed by atoms with Gasteiger partial charge in [-0.15, -0.1) is 0 Å². The molecule has 1 heterocycles. The van der Waals surface area contributed by atoms with Crippen molar-refractivity contribution in [2.45, 2.75) is 19.0 Å². The summed E-state index contributed by atoms with van der Waals surface area (Å²) in [5, 5.41) is 4.87. The molecular weight excluding hydrogens is 330 g/mol. The average Bonchev–Trinajstić information content (AvgIpc) is 2.53. The Kier molecular flexibility index (Phi) is 5.30. The Morgan fingerprint density at radius 3 is 2.58 bits per heavy atom. The lowest BCUT2D eigenvalue weighted by Crippen LogP contribution is -2.47. The first-order valence-electron chi connectivity index (χ1n) is 7.36. The maximum absolute atomic E-state index is 13.5. The molecule has 1 aromatic rings. The lowest BCUT2D eigenvalue weighted by molar-refractivity contribution is -0.140. The lowest BCUT2D eigenvalue weighted by Gasteiger charge is -2.31. The van der Waals surface area contributed by atoms with Gasteiger partial charge in [0.25, 0.3) is 0 Å². The van der Waals surface area contributed by atoms with E-state index in [-0.39, 0.29) is 18.3 Å². The van der Waals surface area contributed by atoms with Gasteiger partial charge in [-0.25, -0.2) is 9.18 Å². The molecule has 0 bridgehead atoms. The fourth-order valence-corrected chi connectivity index (χ4v) is 2.60. The maximum Gasteiger partial charge on any atom is 0.419 e. The molecule has 2 N–H and O–H groups in total. The number of carbonyl (C=O) groups excluding carboxylic acids is 2. The third-order valence-electron chi connectivity index (χ3n) is 3.84. The Hall–Kier alpha value is -2.32. The molecule has 2 rings (SSSR count). The quantitative estimate of drug-likeness (QED) is 0.808. The number of benzene rings is 1. The van der Waals surface area contributed by atoms with Crippen LogP contribution in [0.25, 0.3) is 0 Å². The molecule has 0 spiro atoms. The molecule has 3 amide bonds. The molecular formula is C15H17F4N3O2. The Bertz CT molecular complexity index is 634. The van der Waals surface area contributed by atoms with Crippen molar-refractivity contribution in [3.05, 3.63) is 29.6 Å². The number of nitrogens with zero attached hydrogens (tertiary/aromatic N) is 1. The Labute approximate surface area is 136 Å². The predicted molar refractivity (Wildman–Crippen MR) is 78.8 cm³/mol. The van der Waals surface area contributed by atoms with Crippen LogP contribution in [0.4, 0.5) is 28.0 Å². The van der Waals surface area contributed by atoms with Crippen LogP contribution in [0.5, 0.6) is 0 Å². The van der Waals surface area contributed by atoms with E-state index in [1.165, 1.54) is 11.9 Å². The van der Waals surface area contributed by atoms with Crippen molar-refractivity contribution in [1.29, 1.82) is 0 Å². The van der Waals surface area contributed by atoms with E-state index >= 15 is 0 Å². The van der Waals surface area contributed by atoms with Gasteiger partial charge in [0.1, 0.15) is 5.82 Å². The topological polar surface area (TPSA) is 61.4 Å². The van der Waals surface area contributed by atoms with Crippen molar-refractivity contribution in [2.24, 2.45) is 5.92 Å². The third-order valence-corrected chi connectivity index (χ3v) is 3.84. The van der Waals surface area contributed by atoms with Gasteiger partial charge in [-0.05, 0) is 31.0 Å². The Morgan fingerprint density at radius 2 is 2.00 bits per heavy atom. The van der Waals surface area contributed by atoms with Crippen molar-refractivity contribution in [3.63, 3.8) is 0 Å². The van der Waals surface area contributed by atoms with Crippen LogP contribution in [0.15, 0.2) is 18.2 Å². The van der Waals surface area contributed by atoms with Crippen LogP contribution in [-0.4, -0.2) is 37.0 Å². The summed E-state index contributed by atoms with van der Waals surface area (Å²) in [5.74, 6) is -2.40. The maximum atomic E-state index is 13.5. The van der Waals surface area contributed by atoms with Crippen molar-refractivity contribution < 1.29 is 27.2 Å². The molecule has 1 fully saturated rings. The number of rotatable bonds is 2. The molecule has 1 atom stereocenters. The largest absolute Gasteiger partial charge is 0.419 e. The molecule has 9 heteroatoms. The summed E-state index contributed by atoms with van der Waals surface area (Å²) in [4.78, 5) is 25.3. The molecule has 0 radical (unpaired) electrons. The first kappa shape index (κ1) is 18.0. The second-order valence-corrected chi connectivity index (χ2v) is 5.52. The van der Waals surface area contributed by atoms with Gasteiger partial charge in [-0.2, -0.15) is 13.2 Å². The second kappa shape index (κ2) is 7.06. The third kappa shape index (κ3) is 4.15. The highest BCUT2D eigenvalue weighted by molar-refractivity contribution is 5.93. The zero-order chi connectivity index (χ0) is 17.9. The van der Waals surface area contributed by atoms with Crippen LogP contribution in [0.2, 0.25) is 0 Å². The minimum absolute atomic E-state index is 0.0532. The highest BCUT2D eigenvalue weighted by Crippen LogP contribution is 2.32. The van der Waals surface area contributed by atoms with E-state index in [2.05, 4.69) is 10.6 Å². The molecule has 0 aromatic heterocycles. The second-order valence-electron chi connectivity index (χ2n) is 5.52. The van der Waals surface area contributed by atoms with Crippen molar-refractivity contribution in [2.75, 3.05) is 25.5 Å². The van der Waals surface area contributed by atoms with E-state index in [9.17, 15) is 27.2 Å². The first-order valence-corrected chi connectivity index (χ1v) is 7.36. The molecule has 132 valence electrons. The van der Waals surface area contributed by atoms with Crippen molar-refractivity contribution in [1.82, 2.24) is 10.2 Å². The Morgan fingerprint density at radius 1 is 1.29 bits per heavy atom. The molecule has 24 heavy (non-hydrogen) atoms. The number of hydrogen-bond acceptors (Lipinski definition) is 2. The van der Waals surface area contributed by atoms with Crippen LogP contribution < -0.4 is 10.6 Å². The fourth-order valence-electron chi connectivity index (χ4n) is 2.60. The van der Waals surface area contributed by atoms with Crippen molar-refractivity contribution in [3.8, 4) is 0 Å². The van der Waals surface area contributed by atoms with Gasteiger partial charge in [-0.1, -0.05) is 0 Å². The highest BCUT2D eigenvalue weighted by atomic mass is 19.4. The van der Waals surface area contributed by atoms with Crippen molar-refractivity contribution >= 4 is 17.6 Å². The number of nitrogens with one attached hydrogen (secondary N) is 2. The van der Waals surface area contributed by atoms with Crippen LogP contribution in [0.3, 0.4) is 0 Å². The minimum atomic E-state index is -4.79. The summed E-state index contributed by atoms with van der Waals surface area (Å²) in [6, 6.07) is 1.93. The molecule has 5 nitrogen and oxygen atoms in total. The standard InChI is InChI=1S/C15H17F4N3O2/c1-20-14(24)22-6-2-3-9(8-22)13(23)21-10-4-5-11(12(16)7-10)15(17,18)19/h4-5,7,9H,2-3,6,8H2,1H3,(H,20,24)(H,21,23)/t9-/m0/s1. The van der Waals surface area contributed by atoms with E-state index in [0.29, 0.717) is 31.5 Å². The van der Waals surface area contributed by atoms with Crippen LogP contribution in [-0.2, 0) is 11.0 Å². The summed E-state index contributed by atoms with van der Waals surface area (Å²) in [6.45, 7) is 0.729. The van der Waals surface area contributed by atoms with Gasteiger partial charge < -0.3 is 15.5 Å². The number of halogens is 4. The van der Waals surface area contributed by atoms with Gasteiger partial charge >= 0.3 is 12.2 Å². The van der Waals surface area contributed by atoms with E-state index in [1.807, 2.05) is 0 Å². The van der Waals surface area contributed by atoms with Gasteiger partial charge in [0, 0.05) is 25.8 Å². The number of hydrogen-bond donors (Lipinski definition) is 2. The van der Waals surface area contributed by atoms with Gasteiger partial charge in [-0.3, -0.25) is 4.79 Å². The van der Waals surface area contributed by atoms with Gasteiger partial charge in [0.15, 0.2) is 0 Å². The summed E-state index contributed by atoms with van der Waals surface area (Å²) < 4.78 is 51.1. The normalized spacial score (nSPS) is 18.2. The SMILES string of the molecule is CNC(=O)N1CCC[C@H](C(=O)Nc2ccc(C(F)(F)F)c(F)c2)C1. The fraction of sp³-hybridized carbons (Fsp3) is 0.467. The summed E-state index contributed by atoms with van der Waals surface area (Å²) in [7, 11) is 1.48. The number of alkyl halides is 3. The van der Waals surface area contributed by atoms with Gasteiger partial charge in [0.2, 0.25) is 5.91 Å². The molecule has 0 aliphatic carbocycles. The summed E-state index contributed by atoms with van der Waals surface area (Å²) in [6.07, 6.45) is -3.61. The molecule has 1 aliphatic heterocycles. The molecule has 1 aliphatic rings. The van der Waals surface area contributed by atoms with Gasteiger partial charge in [0.05, 0.1) is 11.5 Å². The number of anilines is 1. The first-order chi connectivity index (χ1) is 11.2. The smallest absolute Gasteiger partial charge is 0.341 e. The van der Waals surface area contributed by atoms with Crippen LogP contribution >= 0.6 is 0 Å². The zero-order valence-electron chi connectivity index (χ0n) is 12.9. The number of carbonyl (C=O) groups is 2. The van der Waals surface area contributed by atoms with Crippen LogP contribution in [0, 0.1) is 11.7 Å². The Balaban J connectivity index is 2.04. The number of amides is 3. The number of urea groups is 1. The van der Waals surface area contributed by atoms with E-state index in [4.69, 9.17) is 0 Å². The minimum Gasteiger partial charge on any atom is -0.341 e. The molecule has 1 saturated heterocycles. The van der Waals surface area contributed by atoms with E-state index in [0.717, 1.165) is 6.07 Å². The molecule has 1 aromatic carbocycles. The van der Waals surface area contributed by atoms with E-state index in [1.54, 1.807) is 0 Å². The molecule has 0 saturated carbocycles. The molecule has 0 unspecified atom stereocenters.